The van der Waals surface area contributed by atoms with Crippen molar-refractivity contribution in [2.24, 2.45) is 17.0 Å². The third-order valence-corrected chi connectivity index (χ3v) is 3.47. The zero-order valence-corrected chi connectivity index (χ0v) is 7.94. The van der Waals surface area contributed by atoms with Gasteiger partial charge in [-0.1, -0.05) is 31.4 Å². The lowest BCUT2D eigenvalue weighted by atomic mass is 9.75. The molecule has 1 nitrogen and oxygen atoms in total. The SMILES string of the molecule is C=C[C@@H](C1CCC1)[C@H](C)SN. The number of rotatable bonds is 4. The average Bonchev–Trinajstić information content (AvgIpc) is 1.94. The van der Waals surface area contributed by atoms with E-state index in [1.807, 2.05) is 0 Å². The van der Waals surface area contributed by atoms with Crippen LogP contribution in [0, 0.1) is 11.8 Å². The molecule has 0 amide bonds. The van der Waals surface area contributed by atoms with Gasteiger partial charge in [0.1, 0.15) is 0 Å². The fourth-order valence-electron chi connectivity index (χ4n) is 1.68. The fraction of sp³-hybridized carbons (Fsp3) is 0.778. The molecule has 1 aliphatic rings. The number of hydrogen-bond donors (Lipinski definition) is 1. The Labute approximate surface area is 73.6 Å². The van der Waals surface area contributed by atoms with E-state index in [1.165, 1.54) is 31.2 Å². The summed E-state index contributed by atoms with van der Waals surface area (Å²) in [5.74, 6) is 1.51. The third kappa shape index (κ3) is 2.00. The summed E-state index contributed by atoms with van der Waals surface area (Å²) in [6.07, 6.45) is 6.23. The lowest BCUT2D eigenvalue weighted by molar-refractivity contribution is 0.241. The Morgan fingerprint density at radius 3 is 2.55 bits per heavy atom. The van der Waals surface area contributed by atoms with Crippen LogP contribution in [-0.4, -0.2) is 5.25 Å². The fourth-order valence-corrected chi connectivity index (χ4v) is 2.20. The van der Waals surface area contributed by atoms with Crippen LogP contribution in [0.1, 0.15) is 26.2 Å². The van der Waals surface area contributed by atoms with E-state index in [0.29, 0.717) is 11.2 Å². The summed E-state index contributed by atoms with van der Waals surface area (Å²) in [6.45, 7) is 6.05. The third-order valence-electron chi connectivity index (χ3n) is 2.72. The molecule has 2 atom stereocenters. The van der Waals surface area contributed by atoms with Crippen LogP contribution < -0.4 is 5.14 Å². The highest BCUT2D eigenvalue weighted by molar-refractivity contribution is 7.97. The highest BCUT2D eigenvalue weighted by atomic mass is 32.2. The lowest BCUT2D eigenvalue weighted by Gasteiger charge is -2.34. The predicted molar refractivity (Wildman–Crippen MR) is 52.3 cm³/mol. The molecule has 1 saturated carbocycles. The Morgan fingerprint density at radius 2 is 2.27 bits per heavy atom. The van der Waals surface area contributed by atoms with Crippen molar-refractivity contribution in [3.8, 4) is 0 Å². The summed E-state index contributed by atoms with van der Waals surface area (Å²) < 4.78 is 0. The maximum Gasteiger partial charge on any atom is 0.0227 e. The van der Waals surface area contributed by atoms with Crippen molar-refractivity contribution in [3.63, 3.8) is 0 Å². The standard InChI is InChI=1S/C9H17NS/c1-3-9(7(2)11-10)8-5-4-6-8/h3,7-9H,1,4-6,10H2,2H3/t7-,9+/m0/s1. The first-order valence-corrected chi connectivity index (χ1v) is 5.22. The van der Waals surface area contributed by atoms with Gasteiger partial charge in [0.2, 0.25) is 0 Å². The van der Waals surface area contributed by atoms with Gasteiger partial charge in [0.15, 0.2) is 0 Å². The minimum atomic E-state index is 0.540. The second-order valence-corrected chi connectivity index (χ2v) is 4.36. The Balaban J connectivity index is 2.40. The summed E-state index contributed by atoms with van der Waals surface area (Å²) >= 11 is 1.46. The Morgan fingerprint density at radius 1 is 1.64 bits per heavy atom. The maximum atomic E-state index is 5.53. The van der Waals surface area contributed by atoms with Gasteiger partial charge >= 0.3 is 0 Å². The molecule has 0 aromatic rings. The molecule has 0 aromatic heterocycles. The van der Waals surface area contributed by atoms with Crippen LogP contribution in [0.3, 0.4) is 0 Å². The number of hydrogen-bond acceptors (Lipinski definition) is 2. The summed E-state index contributed by atoms with van der Waals surface area (Å²) in [5.41, 5.74) is 0. The smallest absolute Gasteiger partial charge is 0.0227 e. The van der Waals surface area contributed by atoms with E-state index >= 15 is 0 Å². The number of nitrogens with two attached hydrogens (primary N) is 1. The molecule has 0 heterocycles. The van der Waals surface area contributed by atoms with Crippen LogP contribution in [0.5, 0.6) is 0 Å². The van der Waals surface area contributed by atoms with Crippen LogP contribution in [0.4, 0.5) is 0 Å². The van der Waals surface area contributed by atoms with Crippen LogP contribution in [0.15, 0.2) is 12.7 Å². The van der Waals surface area contributed by atoms with Crippen molar-refractivity contribution in [3.05, 3.63) is 12.7 Å². The van der Waals surface area contributed by atoms with E-state index < -0.39 is 0 Å². The van der Waals surface area contributed by atoms with Crippen LogP contribution >= 0.6 is 11.9 Å². The zero-order chi connectivity index (χ0) is 8.27. The molecular formula is C9H17NS. The van der Waals surface area contributed by atoms with Crippen molar-refractivity contribution in [1.82, 2.24) is 0 Å². The first-order chi connectivity index (χ1) is 5.29. The van der Waals surface area contributed by atoms with Gasteiger partial charge in [0, 0.05) is 5.25 Å². The Kier molecular flexibility index (Phi) is 3.46. The highest BCUT2D eigenvalue weighted by Gasteiger charge is 2.28. The molecule has 0 unspecified atom stereocenters. The van der Waals surface area contributed by atoms with E-state index in [0.717, 1.165) is 5.92 Å². The van der Waals surface area contributed by atoms with Gasteiger partial charge in [-0.3, -0.25) is 5.14 Å². The molecule has 0 saturated heterocycles. The van der Waals surface area contributed by atoms with E-state index in [2.05, 4.69) is 19.6 Å². The van der Waals surface area contributed by atoms with Gasteiger partial charge in [-0.2, -0.15) is 0 Å². The quantitative estimate of drug-likeness (QED) is 0.519. The predicted octanol–water partition coefficient (Wildman–Crippen LogP) is 2.58. The molecular weight excluding hydrogens is 154 g/mol. The van der Waals surface area contributed by atoms with Crippen LogP contribution in [0.25, 0.3) is 0 Å². The van der Waals surface area contributed by atoms with E-state index in [1.54, 1.807) is 0 Å². The van der Waals surface area contributed by atoms with Gasteiger partial charge < -0.3 is 0 Å². The van der Waals surface area contributed by atoms with Crippen LogP contribution in [-0.2, 0) is 0 Å². The van der Waals surface area contributed by atoms with Crippen molar-refractivity contribution >= 4 is 11.9 Å². The molecule has 11 heavy (non-hydrogen) atoms. The summed E-state index contributed by atoms with van der Waals surface area (Å²) in [6, 6.07) is 0. The molecule has 0 aromatic carbocycles. The van der Waals surface area contributed by atoms with Gasteiger partial charge in [-0.25, -0.2) is 0 Å². The Hall–Kier alpha value is 0.0500. The van der Waals surface area contributed by atoms with Crippen molar-refractivity contribution in [1.29, 1.82) is 0 Å². The van der Waals surface area contributed by atoms with Crippen molar-refractivity contribution in [2.45, 2.75) is 31.4 Å². The second-order valence-electron chi connectivity index (χ2n) is 3.35. The summed E-state index contributed by atoms with van der Waals surface area (Å²) in [4.78, 5) is 0. The van der Waals surface area contributed by atoms with Gasteiger partial charge in [-0.15, -0.1) is 6.58 Å². The normalized spacial score (nSPS) is 23.8. The van der Waals surface area contributed by atoms with Crippen molar-refractivity contribution < 1.29 is 0 Å². The molecule has 0 bridgehead atoms. The largest absolute Gasteiger partial charge is 0.278 e. The molecule has 1 aliphatic carbocycles. The van der Waals surface area contributed by atoms with Gasteiger partial charge in [-0.05, 0) is 24.7 Å². The minimum absolute atomic E-state index is 0.540. The average molecular weight is 171 g/mol. The van der Waals surface area contributed by atoms with Crippen LogP contribution in [0.2, 0.25) is 0 Å². The maximum absolute atomic E-state index is 5.53. The first-order valence-electron chi connectivity index (χ1n) is 4.27. The molecule has 1 rings (SSSR count). The van der Waals surface area contributed by atoms with E-state index in [-0.39, 0.29) is 0 Å². The Bertz CT molecular complexity index is 127. The molecule has 0 radical (unpaired) electrons. The minimum Gasteiger partial charge on any atom is -0.278 e. The van der Waals surface area contributed by atoms with Gasteiger partial charge in [0.05, 0.1) is 0 Å². The summed E-state index contributed by atoms with van der Waals surface area (Å²) in [5, 5.41) is 6.07. The molecule has 2 heteroatoms. The molecule has 64 valence electrons. The molecule has 2 N–H and O–H groups in total. The second kappa shape index (κ2) is 4.17. The molecule has 0 spiro atoms. The van der Waals surface area contributed by atoms with Crippen molar-refractivity contribution in [2.75, 3.05) is 0 Å². The summed E-state index contributed by atoms with van der Waals surface area (Å²) in [7, 11) is 0. The topological polar surface area (TPSA) is 26.0 Å². The van der Waals surface area contributed by atoms with Gasteiger partial charge in [0.25, 0.3) is 0 Å². The first kappa shape index (κ1) is 9.14. The number of allylic oxidation sites excluding steroid dienone is 1. The molecule has 0 aliphatic heterocycles. The van der Waals surface area contributed by atoms with E-state index in [9.17, 15) is 0 Å². The lowest BCUT2D eigenvalue weighted by Crippen LogP contribution is -2.27. The van der Waals surface area contributed by atoms with E-state index in [4.69, 9.17) is 5.14 Å². The monoisotopic (exact) mass is 171 g/mol. The molecule has 1 fully saturated rings. The zero-order valence-electron chi connectivity index (χ0n) is 7.12. The highest BCUT2D eigenvalue weighted by Crippen LogP contribution is 2.37.